The summed E-state index contributed by atoms with van der Waals surface area (Å²) in [5.41, 5.74) is 0.114. The molecule has 2 aromatic heterocycles. The summed E-state index contributed by atoms with van der Waals surface area (Å²) in [6.07, 6.45) is 2.18. The summed E-state index contributed by atoms with van der Waals surface area (Å²) < 4.78 is 7.12. The maximum absolute atomic E-state index is 12.3. The van der Waals surface area contributed by atoms with Gasteiger partial charge in [-0.2, -0.15) is 9.61 Å². The predicted molar refractivity (Wildman–Crippen MR) is 99.9 cm³/mol. The number of carbonyl (C=O) groups excluding carboxylic acids is 1. The lowest BCUT2D eigenvalue weighted by Gasteiger charge is -2.25. The number of nitrogens with one attached hydrogen (secondary N) is 1. The van der Waals surface area contributed by atoms with E-state index in [1.165, 1.54) is 0 Å². The summed E-state index contributed by atoms with van der Waals surface area (Å²) in [5.74, 6) is 0.745. The maximum Gasteiger partial charge on any atom is 0.408 e. The van der Waals surface area contributed by atoms with Crippen molar-refractivity contribution >= 4 is 22.5 Å². The molecule has 0 fully saturated rings. The molecule has 0 radical (unpaired) electrons. The average molecular weight is 355 g/mol. The number of benzene rings is 1. The number of aromatic nitrogens is 4. The van der Waals surface area contributed by atoms with Crippen LogP contribution in [0.4, 0.5) is 4.79 Å². The first-order chi connectivity index (χ1) is 12.3. The van der Waals surface area contributed by atoms with E-state index in [1.54, 1.807) is 10.7 Å². The SMILES string of the molecule is CCC(C)C(NC(=O)OC(C)(C)C)c1nnc2c3ccccc3cnn12. The smallest absolute Gasteiger partial charge is 0.408 e. The van der Waals surface area contributed by atoms with E-state index in [2.05, 4.69) is 34.5 Å². The van der Waals surface area contributed by atoms with Gasteiger partial charge in [-0.05, 0) is 26.7 Å². The van der Waals surface area contributed by atoms with Gasteiger partial charge in [-0.3, -0.25) is 0 Å². The van der Waals surface area contributed by atoms with E-state index in [0.717, 1.165) is 17.2 Å². The minimum atomic E-state index is -0.564. The van der Waals surface area contributed by atoms with Gasteiger partial charge in [0.25, 0.3) is 0 Å². The van der Waals surface area contributed by atoms with Crippen LogP contribution in [0.3, 0.4) is 0 Å². The molecule has 0 saturated carbocycles. The number of carbonyl (C=O) groups is 1. The summed E-state index contributed by atoms with van der Waals surface area (Å²) in [5, 5.41) is 18.1. The Balaban J connectivity index is 2.01. The van der Waals surface area contributed by atoms with E-state index in [1.807, 2.05) is 45.0 Å². The Morgan fingerprint density at radius 1 is 1.27 bits per heavy atom. The lowest BCUT2D eigenvalue weighted by molar-refractivity contribution is 0.0482. The number of amides is 1. The first kappa shape index (κ1) is 18.1. The van der Waals surface area contributed by atoms with Crippen LogP contribution in [-0.4, -0.2) is 31.5 Å². The fourth-order valence-electron chi connectivity index (χ4n) is 2.83. The molecule has 7 heteroatoms. The van der Waals surface area contributed by atoms with Gasteiger partial charge < -0.3 is 10.1 Å². The van der Waals surface area contributed by atoms with Crippen molar-refractivity contribution in [3.8, 4) is 0 Å². The molecule has 3 rings (SSSR count). The predicted octanol–water partition coefficient (Wildman–Crippen LogP) is 3.89. The zero-order valence-corrected chi connectivity index (χ0v) is 15.9. The second-order valence-corrected chi connectivity index (χ2v) is 7.53. The summed E-state index contributed by atoms with van der Waals surface area (Å²) in [6.45, 7) is 9.64. The molecule has 2 heterocycles. The largest absolute Gasteiger partial charge is 0.444 e. The zero-order valence-electron chi connectivity index (χ0n) is 15.9. The number of fused-ring (bicyclic) bond motifs is 3. The van der Waals surface area contributed by atoms with Crippen molar-refractivity contribution in [1.82, 2.24) is 25.1 Å². The van der Waals surface area contributed by atoms with Crippen LogP contribution in [0.25, 0.3) is 16.4 Å². The minimum absolute atomic E-state index is 0.142. The molecule has 1 aromatic carbocycles. The fourth-order valence-corrected chi connectivity index (χ4v) is 2.83. The highest BCUT2D eigenvalue weighted by atomic mass is 16.6. The van der Waals surface area contributed by atoms with E-state index in [-0.39, 0.29) is 12.0 Å². The van der Waals surface area contributed by atoms with E-state index in [0.29, 0.717) is 11.5 Å². The second kappa shape index (κ2) is 6.90. The van der Waals surface area contributed by atoms with Crippen molar-refractivity contribution in [2.75, 3.05) is 0 Å². The van der Waals surface area contributed by atoms with Crippen LogP contribution in [0.1, 0.15) is 52.9 Å². The molecule has 0 bridgehead atoms. The third-order valence-electron chi connectivity index (χ3n) is 4.34. The van der Waals surface area contributed by atoms with Gasteiger partial charge >= 0.3 is 6.09 Å². The van der Waals surface area contributed by atoms with Crippen molar-refractivity contribution in [3.05, 3.63) is 36.3 Å². The highest BCUT2D eigenvalue weighted by molar-refractivity contribution is 5.92. The summed E-state index contributed by atoms with van der Waals surface area (Å²) in [6, 6.07) is 7.55. The van der Waals surface area contributed by atoms with Gasteiger partial charge in [0.2, 0.25) is 0 Å². The first-order valence-electron chi connectivity index (χ1n) is 8.88. The van der Waals surface area contributed by atoms with Crippen molar-refractivity contribution in [3.63, 3.8) is 0 Å². The summed E-state index contributed by atoms with van der Waals surface area (Å²) >= 11 is 0. The van der Waals surface area contributed by atoms with Gasteiger partial charge in [-0.1, -0.05) is 44.5 Å². The highest BCUT2D eigenvalue weighted by Crippen LogP contribution is 2.26. The molecule has 3 aromatic rings. The molecule has 0 saturated heterocycles. The molecule has 26 heavy (non-hydrogen) atoms. The molecule has 1 amide bonds. The van der Waals surface area contributed by atoms with E-state index in [9.17, 15) is 4.79 Å². The molecule has 7 nitrogen and oxygen atoms in total. The van der Waals surface area contributed by atoms with Crippen LogP contribution in [0, 0.1) is 5.92 Å². The van der Waals surface area contributed by atoms with Crippen LogP contribution < -0.4 is 5.32 Å². The van der Waals surface area contributed by atoms with E-state index in [4.69, 9.17) is 4.74 Å². The molecular formula is C19H25N5O2. The van der Waals surface area contributed by atoms with Gasteiger partial charge in [-0.25, -0.2) is 4.79 Å². The average Bonchev–Trinajstić information content (AvgIpc) is 3.01. The second-order valence-electron chi connectivity index (χ2n) is 7.53. The molecule has 1 N–H and O–H groups in total. The van der Waals surface area contributed by atoms with Gasteiger partial charge in [0.1, 0.15) is 5.60 Å². The lowest BCUT2D eigenvalue weighted by Crippen LogP contribution is -2.38. The Kier molecular flexibility index (Phi) is 4.80. The fraction of sp³-hybridized carbons (Fsp3) is 0.474. The molecule has 2 unspecified atom stereocenters. The van der Waals surface area contributed by atoms with Crippen LogP contribution >= 0.6 is 0 Å². The summed E-state index contributed by atoms with van der Waals surface area (Å²) in [7, 11) is 0. The normalized spacial score (nSPS) is 14.3. The van der Waals surface area contributed by atoms with Crippen molar-refractivity contribution in [2.45, 2.75) is 52.7 Å². The number of rotatable bonds is 4. The number of nitrogens with zero attached hydrogens (tertiary/aromatic N) is 4. The highest BCUT2D eigenvalue weighted by Gasteiger charge is 2.28. The van der Waals surface area contributed by atoms with Gasteiger partial charge in [0.05, 0.1) is 12.2 Å². The van der Waals surface area contributed by atoms with Crippen LogP contribution in [0.15, 0.2) is 30.5 Å². The molecule has 138 valence electrons. The molecule has 0 aliphatic heterocycles. The Bertz CT molecular complexity index is 928. The number of alkyl carbamates (subject to hydrolysis) is 1. The molecular weight excluding hydrogens is 330 g/mol. The summed E-state index contributed by atoms with van der Waals surface area (Å²) in [4.78, 5) is 12.3. The molecule has 0 spiro atoms. The van der Waals surface area contributed by atoms with Gasteiger partial charge in [-0.15, -0.1) is 10.2 Å². The van der Waals surface area contributed by atoms with E-state index >= 15 is 0 Å². The number of hydrogen-bond acceptors (Lipinski definition) is 5. The first-order valence-corrected chi connectivity index (χ1v) is 8.88. The monoisotopic (exact) mass is 355 g/mol. The standard InChI is InChI=1S/C19H25N5O2/c1-6-12(2)15(21-18(25)26-19(3,4)5)17-23-22-16-14-10-8-7-9-13(14)11-20-24(16)17/h7-12,15H,6H2,1-5H3,(H,21,25). The van der Waals surface area contributed by atoms with Crippen molar-refractivity contribution in [1.29, 1.82) is 0 Å². The Morgan fingerprint density at radius 3 is 2.69 bits per heavy atom. The number of hydrogen-bond donors (Lipinski definition) is 1. The third kappa shape index (κ3) is 3.61. The van der Waals surface area contributed by atoms with E-state index < -0.39 is 11.7 Å². The van der Waals surface area contributed by atoms with Crippen LogP contribution in [0.5, 0.6) is 0 Å². The molecule has 0 aliphatic rings. The quantitative estimate of drug-likeness (QED) is 0.768. The topological polar surface area (TPSA) is 81.4 Å². The molecule has 2 atom stereocenters. The zero-order chi connectivity index (χ0) is 18.9. The minimum Gasteiger partial charge on any atom is -0.444 e. The lowest BCUT2D eigenvalue weighted by atomic mass is 9.98. The van der Waals surface area contributed by atoms with Crippen LogP contribution in [-0.2, 0) is 4.74 Å². The van der Waals surface area contributed by atoms with Crippen molar-refractivity contribution < 1.29 is 9.53 Å². The Morgan fingerprint density at radius 2 is 2.00 bits per heavy atom. The van der Waals surface area contributed by atoms with Gasteiger partial charge in [0.15, 0.2) is 11.5 Å². The Hall–Kier alpha value is -2.70. The molecule has 0 aliphatic carbocycles. The Labute approximate surface area is 152 Å². The third-order valence-corrected chi connectivity index (χ3v) is 4.34. The maximum atomic E-state index is 12.3. The van der Waals surface area contributed by atoms with Crippen LogP contribution in [0.2, 0.25) is 0 Å². The van der Waals surface area contributed by atoms with Crippen molar-refractivity contribution in [2.24, 2.45) is 5.92 Å². The number of ether oxygens (including phenoxy) is 1. The van der Waals surface area contributed by atoms with Gasteiger partial charge in [0, 0.05) is 10.8 Å².